The number of ether oxygens (including phenoxy) is 2. The largest absolute Gasteiger partial charge is 0.490 e. The Kier molecular flexibility index (Phi) is 9.00. The molecule has 256 valence electrons. The smallest absolute Gasteiger partial charge is 0.418 e. The molecule has 2 aliphatic rings. The molecule has 0 aliphatic carbocycles. The predicted octanol–water partition coefficient (Wildman–Crippen LogP) is 6.69. The van der Waals surface area contributed by atoms with Gasteiger partial charge in [-0.3, -0.25) is 19.2 Å². The summed E-state index contributed by atoms with van der Waals surface area (Å²) >= 11 is 1.69. The van der Waals surface area contributed by atoms with Crippen molar-refractivity contribution in [2.45, 2.75) is 35.5 Å². The van der Waals surface area contributed by atoms with E-state index in [1.165, 1.54) is 36.4 Å². The Labute approximate surface area is 281 Å². The van der Waals surface area contributed by atoms with E-state index >= 15 is 0 Å². The van der Waals surface area contributed by atoms with Crippen LogP contribution in [0.5, 0.6) is 11.5 Å². The van der Waals surface area contributed by atoms with E-state index in [0.717, 1.165) is 53.4 Å². The first-order chi connectivity index (χ1) is 23.2. The fourth-order valence-corrected chi connectivity index (χ4v) is 8.31. The Bertz CT molecular complexity index is 2010. The number of carbonyl (C=O) groups excluding carboxylic acids is 3. The SMILES string of the molecule is CCOc1cc(C2c3sc(=O)[nH]c3SC3C(=O)N(c4ccccc4C(F)(F)F)C(=O)C32)ccc1OCC(=O)Nc1ccccc1C(F)(F)F. The zero-order valence-electron chi connectivity index (χ0n) is 25.0. The summed E-state index contributed by atoms with van der Waals surface area (Å²) in [4.78, 5) is 55.8. The van der Waals surface area contributed by atoms with E-state index in [9.17, 15) is 45.5 Å². The number of hydrogen-bond donors (Lipinski definition) is 2. The van der Waals surface area contributed by atoms with Crippen LogP contribution in [0.15, 0.2) is 76.6 Å². The molecule has 3 unspecified atom stereocenters. The van der Waals surface area contributed by atoms with Crippen LogP contribution >= 0.6 is 23.1 Å². The second kappa shape index (κ2) is 12.9. The minimum atomic E-state index is -4.86. The number of imide groups is 1. The van der Waals surface area contributed by atoms with Crippen LogP contribution in [0.25, 0.3) is 0 Å². The average molecular weight is 724 g/mol. The number of benzene rings is 3. The zero-order valence-corrected chi connectivity index (χ0v) is 26.6. The molecule has 3 amide bonds. The molecule has 3 atom stereocenters. The molecule has 3 aromatic carbocycles. The highest BCUT2D eigenvalue weighted by Crippen LogP contribution is 2.54. The third-order valence-corrected chi connectivity index (χ3v) is 10.2. The number of halogens is 6. The van der Waals surface area contributed by atoms with Crippen LogP contribution in [0.4, 0.5) is 37.7 Å². The Morgan fingerprint density at radius 2 is 1.55 bits per heavy atom. The van der Waals surface area contributed by atoms with E-state index in [2.05, 4.69) is 10.3 Å². The van der Waals surface area contributed by atoms with Crippen molar-refractivity contribution in [2.24, 2.45) is 5.92 Å². The van der Waals surface area contributed by atoms with Gasteiger partial charge < -0.3 is 19.8 Å². The molecule has 3 heterocycles. The van der Waals surface area contributed by atoms with Crippen molar-refractivity contribution in [3.05, 3.63) is 98.0 Å². The molecular formula is C32H23F6N3O6S2. The van der Waals surface area contributed by atoms with Gasteiger partial charge in [0.25, 0.3) is 5.91 Å². The quantitative estimate of drug-likeness (QED) is 0.154. The van der Waals surface area contributed by atoms with E-state index in [1.807, 2.05) is 0 Å². The Balaban J connectivity index is 1.32. The number of nitrogens with zero attached hydrogens (tertiary/aromatic N) is 1. The van der Waals surface area contributed by atoms with Crippen molar-refractivity contribution in [1.82, 2.24) is 4.98 Å². The molecule has 1 aromatic heterocycles. The highest BCUT2D eigenvalue weighted by atomic mass is 32.2. The number of para-hydroxylation sites is 2. The lowest BCUT2D eigenvalue weighted by Crippen LogP contribution is -2.33. The summed E-state index contributed by atoms with van der Waals surface area (Å²) in [6.07, 6.45) is -9.57. The van der Waals surface area contributed by atoms with Gasteiger partial charge in [-0.15, -0.1) is 0 Å². The van der Waals surface area contributed by atoms with Crippen molar-refractivity contribution in [3.63, 3.8) is 0 Å². The van der Waals surface area contributed by atoms with Gasteiger partial charge in [0, 0.05) is 10.8 Å². The number of thioether (sulfide) groups is 1. The van der Waals surface area contributed by atoms with Gasteiger partial charge in [0.05, 0.1) is 40.1 Å². The van der Waals surface area contributed by atoms with E-state index in [-0.39, 0.29) is 18.1 Å². The van der Waals surface area contributed by atoms with E-state index < -0.39 is 81.1 Å². The topological polar surface area (TPSA) is 118 Å². The number of fused-ring (bicyclic) bond motifs is 2. The molecule has 2 N–H and O–H groups in total. The number of H-pyrrole nitrogens is 1. The minimum Gasteiger partial charge on any atom is -0.490 e. The number of thiazole rings is 1. The van der Waals surface area contributed by atoms with Crippen LogP contribution in [-0.2, 0) is 26.7 Å². The number of aromatic amines is 1. The summed E-state index contributed by atoms with van der Waals surface area (Å²) in [5.74, 6) is -4.75. The first-order valence-electron chi connectivity index (χ1n) is 14.5. The average Bonchev–Trinajstić information content (AvgIpc) is 3.53. The number of carbonyl (C=O) groups is 3. The predicted molar refractivity (Wildman–Crippen MR) is 167 cm³/mol. The Hall–Kier alpha value is -4.77. The second-order valence-corrected chi connectivity index (χ2v) is 13.0. The molecule has 9 nitrogen and oxygen atoms in total. The van der Waals surface area contributed by atoms with Gasteiger partial charge in [-0.05, 0) is 48.9 Å². The fraction of sp³-hybridized carbons (Fsp3) is 0.250. The van der Waals surface area contributed by atoms with Gasteiger partial charge in [-0.2, -0.15) is 26.3 Å². The number of anilines is 2. The van der Waals surface area contributed by atoms with Crippen LogP contribution in [0.2, 0.25) is 0 Å². The summed E-state index contributed by atoms with van der Waals surface area (Å²) in [5, 5.41) is 1.30. The lowest BCUT2D eigenvalue weighted by Gasteiger charge is -2.30. The summed E-state index contributed by atoms with van der Waals surface area (Å²) in [6, 6.07) is 13.0. The molecule has 1 fully saturated rings. The molecule has 2 aliphatic heterocycles. The highest BCUT2D eigenvalue weighted by molar-refractivity contribution is 8.00. The third kappa shape index (κ3) is 6.51. The van der Waals surface area contributed by atoms with Crippen LogP contribution in [0, 0.1) is 5.92 Å². The maximum absolute atomic E-state index is 14.0. The van der Waals surface area contributed by atoms with Crippen LogP contribution in [-0.4, -0.2) is 41.2 Å². The minimum absolute atomic E-state index is 0.0172. The molecule has 4 aromatic rings. The first-order valence-corrected chi connectivity index (χ1v) is 16.2. The van der Waals surface area contributed by atoms with E-state index in [0.29, 0.717) is 20.4 Å². The second-order valence-electron chi connectivity index (χ2n) is 10.8. The number of alkyl halides is 6. The van der Waals surface area contributed by atoms with Gasteiger partial charge in [0.2, 0.25) is 11.8 Å². The molecule has 0 radical (unpaired) electrons. The molecule has 0 bridgehead atoms. The molecule has 49 heavy (non-hydrogen) atoms. The maximum atomic E-state index is 14.0. The standard InChI is InChI=1S/C32H23F6N3O6S2/c1-2-46-21-13-15(11-12-20(21)47-14-22(42)39-18-9-5-3-7-16(18)31(33,34)35)23-24-26(48-27-25(23)49-30(45)40-27)29(44)41(28(24)43)19-10-6-4-8-17(19)32(36,37)38/h3-13,23-24,26H,2,14H2,1H3,(H,39,42)(H,40,45). The summed E-state index contributed by atoms with van der Waals surface area (Å²) in [5.41, 5.74) is -2.91. The van der Waals surface area contributed by atoms with Crippen molar-refractivity contribution in [3.8, 4) is 11.5 Å². The van der Waals surface area contributed by atoms with Gasteiger partial charge in [-0.1, -0.05) is 53.4 Å². The molecule has 6 rings (SSSR count). The molecule has 0 saturated carbocycles. The van der Waals surface area contributed by atoms with Crippen LogP contribution in [0.3, 0.4) is 0 Å². The van der Waals surface area contributed by atoms with Gasteiger partial charge >= 0.3 is 17.2 Å². The van der Waals surface area contributed by atoms with Gasteiger partial charge in [0.1, 0.15) is 5.25 Å². The normalized spacial score (nSPS) is 19.0. The first kappa shape index (κ1) is 34.1. The summed E-state index contributed by atoms with van der Waals surface area (Å²) < 4.78 is 93.2. The van der Waals surface area contributed by atoms with Gasteiger partial charge in [-0.25, -0.2) is 4.90 Å². The maximum Gasteiger partial charge on any atom is 0.418 e. The zero-order chi connectivity index (χ0) is 35.2. The Morgan fingerprint density at radius 3 is 2.24 bits per heavy atom. The van der Waals surface area contributed by atoms with Crippen molar-refractivity contribution < 1.29 is 50.2 Å². The monoisotopic (exact) mass is 723 g/mol. The molecular weight excluding hydrogens is 700 g/mol. The molecule has 1 saturated heterocycles. The Morgan fingerprint density at radius 1 is 0.878 bits per heavy atom. The molecule has 0 spiro atoms. The summed E-state index contributed by atoms with van der Waals surface area (Å²) in [7, 11) is 0. The number of hydrogen-bond acceptors (Lipinski definition) is 8. The molecule has 17 heteroatoms. The van der Waals surface area contributed by atoms with Gasteiger partial charge in [0.15, 0.2) is 18.1 Å². The van der Waals surface area contributed by atoms with Crippen molar-refractivity contribution in [2.75, 3.05) is 23.4 Å². The van der Waals surface area contributed by atoms with Crippen LogP contribution in [0.1, 0.15) is 34.4 Å². The lowest BCUT2D eigenvalue weighted by molar-refractivity contribution is -0.138. The van der Waals surface area contributed by atoms with E-state index in [4.69, 9.17) is 9.47 Å². The number of aromatic nitrogens is 1. The summed E-state index contributed by atoms with van der Waals surface area (Å²) in [6.45, 7) is 1.04. The highest BCUT2D eigenvalue weighted by Gasteiger charge is 2.57. The van der Waals surface area contributed by atoms with Crippen molar-refractivity contribution >= 4 is 52.2 Å². The number of rotatable bonds is 8. The number of nitrogens with one attached hydrogen (secondary N) is 2. The lowest BCUT2D eigenvalue weighted by atomic mass is 9.83. The van der Waals surface area contributed by atoms with Crippen LogP contribution < -0.4 is 24.6 Å². The van der Waals surface area contributed by atoms with E-state index in [1.54, 1.807) is 6.92 Å². The third-order valence-electron chi connectivity index (χ3n) is 7.77. The fourth-order valence-electron chi connectivity index (χ4n) is 5.80. The van der Waals surface area contributed by atoms with Crippen molar-refractivity contribution in [1.29, 1.82) is 0 Å². The number of amides is 3.